The van der Waals surface area contributed by atoms with Gasteiger partial charge in [0.2, 0.25) is 0 Å². The SMILES string of the molecule is O=C(/C=C/c1ccco1)[C@@H](O)Cc1ccccc1. The second-order valence-corrected chi connectivity index (χ2v) is 3.96. The maximum absolute atomic E-state index is 11.7. The molecule has 0 aliphatic rings. The van der Waals surface area contributed by atoms with Gasteiger partial charge in [-0.05, 0) is 29.8 Å². The van der Waals surface area contributed by atoms with Crippen molar-refractivity contribution < 1.29 is 14.3 Å². The van der Waals surface area contributed by atoms with E-state index in [9.17, 15) is 9.90 Å². The number of furan rings is 1. The summed E-state index contributed by atoms with van der Waals surface area (Å²) in [6.45, 7) is 0. The maximum Gasteiger partial charge on any atom is 0.184 e. The molecular formula is C15H14O3. The summed E-state index contributed by atoms with van der Waals surface area (Å²) in [6.07, 6.45) is 3.73. The van der Waals surface area contributed by atoms with E-state index in [4.69, 9.17) is 4.42 Å². The molecule has 1 atom stereocenters. The van der Waals surface area contributed by atoms with Crippen LogP contribution in [-0.2, 0) is 11.2 Å². The lowest BCUT2D eigenvalue weighted by atomic mass is 10.0. The molecular weight excluding hydrogens is 228 g/mol. The number of rotatable bonds is 5. The van der Waals surface area contributed by atoms with Gasteiger partial charge < -0.3 is 9.52 Å². The highest BCUT2D eigenvalue weighted by molar-refractivity contribution is 5.96. The molecule has 0 bridgehead atoms. The zero-order valence-electron chi connectivity index (χ0n) is 9.82. The highest BCUT2D eigenvalue weighted by Gasteiger charge is 2.12. The normalized spacial score (nSPS) is 12.7. The lowest BCUT2D eigenvalue weighted by Crippen LogP contribution is -2.20. The van der Waals surface area contributed by atoms with Crippen molar-refractivity contribution in [2.75, 3.05) is 0 Å². The monoisotopic (exact) mass is 242 g/mol. The van der Waals surface area contributed by atoms with Crippen molar-refractivity contribution >= 4 is 11.9 Å². The molecule has 0 unspecified atom stereocenters. The number of hydrogen-bond donors (Lipinski definition) is 1. The van der Waals surface area contributed by atoms with Crippen LogP contribution in [0.4, 0.5) is 0 Å². The molecule has 0 saturated carbocycles. The average molecular weight is 242 g/mol. The fourth-order valence-electron chi connectivity index (χ4n) is 1.60. The van der Waals surface area contributed by atoms with Crippen molar-refractivity contribution in [3.63, 3.8) is 0 Å². The number of benzene rings is 1. The van der Waals surface area contributed by atoms with Gasteiger partial charge >= 0.3 is 0 Å². The van der Waals surface area contributed by atoms with Crippen LogP contribution in [0.3, 0.4) is 0 Å². The zero-order chi connectivity index (χ0) is 12.8. The van der Waals surface area contributed by atoms with E-state index in [2.05, 4.69) is 0 Å². The van der Waals surface area contributed by atoms with E-state index in [0.717, 1.165) is 5.56 Å². The molecule has 0 fully saturated rings. The van der Waals surface area contributed by atoms with Gasteiger partial charge in [-0.1, -0.05) is 30.3 Å². The lowest BCUT2D eigenvalue weighted by Gasteiger charge is -2.06. The summed E-state index contributed by atoms with van der Waals surface area (Å²) in [5.74, 6) is 0.269. The fraction of sp³-hybridized carbons (Fsp3) is 0.133. The summed E-state index contributed by atoms with van der Waals surface area (Å²) in [6, 6.07) is 12.9. The second kappa shape index (κ2) is 5.98. The molecule has 2 rings (SSSR count). The minimum atomic E-state index is -1.02. The Bertz CT molecular complexity index is 512. The van der Waals surface area contributed by atoms with Crippen LogP contribution in [0.2, 0.25) is 0 Å². The van der Waals surface area contributed by atoms with Crippen LogP contribution in [0.1, 0.15) is 11.3 Å². The molecule has 3 heteroatoms. The average Bonchev–Trinajstić information content (AvgIpc) is 2.90. The first-order chi connectivity index (χ1) is 8.75. The Morgan fingerprint density at radius 1 is 1.22 bits per heavy atom. The van der Waals surface area contributed by atoms with Crippen molar-refractivity contribution in [3.8, 4) is 0 Å². The highest BCUT2D eigenvalue weighted by Crippen LogP contribution is 2.06. The molecule has 0 aliphatic carbocycles. The van der Waals surface area contributed by atoms with E-state index in [0.29, 0.717) is 12.2 Å². The summed E-state index contributed by atoms with van der Waals surface area (Å²) < 4.78 is 5.06. The molecule has 1 heterocycles. The van der Waals surface area contributed by atoms with Gasteiger partial charge in [0.1, 0.15) is 11.9 Å². The minimum Gasteiger partial charge on any atom is -0.465 e. The van der Waals surface area contributed by atoms with Crippen molar-refractivity contribution in [1.82, 2.24) is 0 Å². The zero-order valence-corrected chi connectivity index (χ0v) is 9.82. The molecule has 1 N–H and O–H groups in total. The molecule has 0 saturated heterocycles. The molecule has 92 valence electrons. The Kier molecular flexibility index (Phi) is 4.10. The van der Waals surface area contributed by atoms with Crippen LogP contribution in [0, 0.1) is 0 Å². The number of carbonyl (C=O) groups excluding carboxylic acids is 1. The van der Waals surface area contributed by atoms with Gasteiger partial charge in [0, 0.05) is 6.42 Å². The first kappa shape index (κ1) is 12.3. The van der Waals surface area contributed by atoms with Crippen molar-refractivity contribution in [1.29, 1.82) is 0 Å². The van der Waals surface area contributed by atoms with Crippen LogP contribution in [-0.4, -0.2) is 17.0 Å². The van der Waals surface area contributed by atoms with Crippen LogP contribution in [0.25, 0.3) is 6.08 Å². The van der Waals surface area contributed by atoms with E-state index in [1.807, 2.05) is 30.3 Å². The topological polar surface area (TPSA) is 50.4 Å². The number of carbonyl (C=O) groups is 1. The molecule has 0 radical (unpaired) electrons. The first-order valence-electron chi connectivity index (χ1n) is 5.73. The van der Waals surface area contributed by atoms with E-state index in [-0.39, 0.29) is 5.78 Å². The predicted molar refractivity (Wildman–Crippen MR) is 68.9 cm³/mol. The van der Waals surface area contributed by atoms with Crippen molar-refractivity contribution in [2.24, 2.45) is 0 Å². The maximum atomic E-state index is 11.7. The third-order valence-corrected chi connectivity index (χ3v) is 2.56. The van der Waals surface area contributed by atoms with Gasteiger partial charge in [-0.2, -0.15) is 0 Å². The van der Waals surface area contributed by atoms with E-state index in [1.54, 1.807) is 18.2 Å². The molecule has 1 aromatic heterocycles. The molecule has 3 nitrogen and oxygen atoms in total. The summed E-state index contributed by atoms with van der Waals surface area (Å²) >= 11 is 0. The van der Waals surface area contributed by atoms with Crippen molar-refractivity contribution in [3.05, 3.63) is 66.1 Å². The second-order valence-electron chi connectivity index (χ2n) is 3.96. The minimum absolute atomic E-state index is 0.322. The van der Waals surface area contributed by atoms with Crippen LogP contribution < -0.4 is 0 Å². The smallest absolute Gasteiger partial charge is 0.184 e. The van der Waals surface area contributed by atoms with E-state index >= 15 is 0 Å². The first-order valence-corrected chi connectivity index (χ1v) is 5.73. The number of hydrogen-bond acceptors (Lipinski definition) is 3. The van der Waals surface area contributed by atoms with Crippen LogP contribution in [0.15, 0.2) is 59.2 Å². The molecule has 0 amide bonds. The number of ketones is 1. The lowest BCUT2D eigenvalue weighted by molar-refractivity contribution is -0.122. The van der Waals surface area contributed by atoms with Crippen LogP contribution >= 0.6 is 0 Å². The van der Waals surface area contributed by atoms with Gasteiger partial charge in [-0.25, -0.2) is 0 Å². The Hall–Kier alpha value is -2.13. The Labute approximate surface area is 105 Å². The molecule has 18 heavy (non-hydrogen) atoms. The third-order valence-electron chi connectivity index (χ3n) is 2.56. The number of aliphatic hydroxyl groups excluding tert-OH is 1. The molecule has 1 aromatic carbocycles. The fourth-order valence-corrected chi connectivity index (χ4v) is 1.60. The summed E-state index contributed by atoms with van der Waals surface area (Å²) in [7, 11) is 0. The highest BCUT2D eigenvalue weighted by atomic mass is 16.3. The summed E-state index contributed by atoms with van der Waals surface area (Å²) in [5, 5.41) is 9.77. The van der Waals surface area contributed by atoms with Crippen molar-refractivity contribution in [2.45, 2.75) is 12.5 Å². The third kappa shape index (κ3) is 3.43. The standard InChI is InChI=1S/C15H14O3/c16-14(9-8-13-7-4-10-18-13)15(17)11-12-5-2-1-3-6-12/h1-10,15,17H,11H2/b9-8+/t15-/m0/s1. The van der Waals surface area contributed by atoms with E-state index < -0.39 is 6.10 Å². The van der Waals surface area contributed by atoms with Gasteiger partial charge in [-0.15, -0.1) is 0 Å². The van der Waals surface area contributed by atoms with Gasteiger partial charge in [0.25, 0.3) is 0 Å². The quantitative estimate of drug-likeness (QED) is 0.819. The summed E-state index contributed by atoms with van der Waals surface area (Å²) in [5.41, 5.74) is 0.935. The predicted octanol–water partition coefficient (Wildman–Crippen LogP) is 2.47. The Morgan fingerprint density at radius 2 is 2.00 bits per heavy atom. The molecule has 0 spiro atoms. The van der Waals surface area contributed by atoms with Gasteiger partial charge in [0.15, 0.2) is 5.78 Å². The Balaban J connectivity index is 1.93. The number of aliphatic hydroxyl groups is 1. The molecule has 2 aromatic rings. The van der Waals surface area contributed by atoms with Gasteiger partial charge in [-0.3, -0.25) is 4.79 Å². The van der Waals surface area contributed by atoms with Crippen LogP contribution in [0.5, 0.6) is 0 Å². The Morgan fingerprint density at radius 3 is 2.67 bits per heavy atom. The van der Waals surface area contributed by atoms with Gasteiger partial charge in [0.05, 0.1) is 6.26 Å². The van der Waals surface area contributed by atoms with E-state index in [1.165, 1.54) is 12.3 Å². The summed E-state index contributed by atoms with van der Waals surface area (Å²) in [4.78, 5) is 11.7. The molecule has 0 aliphatic heterocycles. The largest absolute Gasteiger partial charge is 0.465 e.